The van der Waals surface area contributed by atoms with E-state index < -0.39 is 0 Å². The summed E-state index contributed by atoms with van der Waals surface area (Å²) in [7, 11) is 1.64. The van der Waals surface area contributed by atoms with E-state index in [0.717, 1.165) is 25.9 Å². The van der Waals surface area contributed by atoms with Gasteiger partial charge in [0.2, 0.25) is 5.91 Å². The van der Waals surface area contributed by atoms with E-state index in [4.69, 9.17) is 0 Å². The maximum absolute atomic E-state index is 12.5. The molecule has 1 fully saturated rings. The molecular weight excluding hydrogens is 304 g/mol. The Bertz CT molecular complexity index is 757. The minimum absolute atomic E-state index is 0.102. The number of anilines is 1. The number of hydrogen-bond donors (Lipinski definition) is 1. The first-order valence-corrected chi connectivity index (χ1v) is 8.22. The number of carbonyl (C=O) groups excluding carboxylic acids is 1. The molecule has 1 aromatic carbocycles. The summed E-state index contributed by atoms with van der Waals surface area (Å²) < 4.78 is 1.41. The van der Waals surface area contributed by atoms with E-state index in [2.05, 4.69) is 27.3 Å². The third-order valence-corrected chi connectivity index (χ3v) is 4.38. The number of likely N-dealkylation sites (tertiary alicyclic amines) is 1. The van der Waals surface area contributed by atoms with Crippen LogP contribution in [0.15, 0.2) is 47.5 Å². The number of rotatable bonds is 4. The lowest BCUT2D eigenvalue weighted by Crippen LogP contribution is -2.41. The van der Waals surface area contributed by atoms with Crippen molar-refractivity contribution in [2.45, 2.75) is 19.4 Å². The van der Waals surface area contributed by atoms with E-state index in [1.807, 2.05) is 18.2 Å². The van der Waals surface area contributed by atoms with Crippen LogP contribution < -0.4 is 10.9 Å². The van der Waals surface area contributed by atoms with E-state index in [1.54, 1.807) is 13.2 Å². The van der Waals surface area contributed by atoms with Crippen molar-refractivity contribution >= 4 is 11.7 Å². The zero-order valence-corrected chi connectivity index (χ0v) is 13.8. The van der Waals surface area contributed by atoms with Crippen molar-refractivity contribution in [2.24, 2.45) is 13.0 Å². The van der Waals surface area contributed by atoms with Crippen LogP contribution >= 0.6 is 0 Å². The molecule has 6 heteroatoms. The van der Waals surface area contributed by atoms with Crippen LogP contribution in [0.1, 0.15) is 18.4 Å². The fraction of sp³-hybridized carbons (Fsp3) is 0.389. The number of piperidine rings is 1. The van der Waals surface area contributed by atoms with Gasteiger partial charge in [-0.15, -0.1) is 0 Å². The lowest BCUT2D eigenvalue weighted by atomic mass is 9.96. The average molecular weight is 326 g/mol. The standard InChI is InChI=1S/C18H22N4O2/c1-21-11-9-19-16(18(21)24)20-17(23)15-8-5-10-22(13-15)12-14-6-3-2-4-7-14/h2-4,6-7,9,11,15H,5,8,10,12-13H2,1H3,(H,19,20,23). The number of aromatic nitrogens is 2. The Morgan fingerprint density at radius 2 is 2.12 bits per heavy atom. The number of aryl methyl sites for hydroxylation is 1. The molecule has 0 aliphatic carbocycles. The number of amides is 1. The molecule has 1 saturated heterocycles. The minimum atomic E-state index is -0.289. The Hall–Kier alpha value is -2.47. The quantitative estimate of drug-likeness (QED) is 0.927. The molecule has 0 spiro atoms. The molecule has 1 aromatic heterocycles. The summed E-state index contributed by atoms with van der Waals surface area (Å²) in [5, 5.41) is 2.70. The summed E-state index contributed by atoms with van der Waals surface area (Å²) in [5.41, 5.74) is 0.958. The summed E-state index contributed by atoms with van der Waals surface area (Å²) in [4.78, 5) is 30.7. The molecule has 24 heavy (non-hydrogen) atoms. The Morgan fingerprint density at radius 3 is 2.92 bits per heavy atom. The van der Waals surface area contributed by atoms with Gasteiger partial charge in [0.1, 0.15) is 0 Å². The van der Waals surface area contributed by atoms with E-state index >= 15 is 0 Å². The predicted molar refractivity (Wildman–Crippen MR) is 92.6 cm³/mol. The van der Waals surface area contributed by atoms with Gasteiger partial charge in [-0.1, -0.05) is 30.3 Å². The Balaban J connectivity index is 1.63. The van der Waals surface area contributed by atoms with Crippen molar-refractivity contribution in [1.29, 1.82) is 0 Å². The molecule has 1 unspecified atom stereocenters. The van der Waals surface area contributed by atoms with E-state index in [0.29, 0.717) is 6.54 Å². The molecule has 1 aliphatic heterocycles. The van der Waals surface area contributed by atoms with Gasteiger partial charge in [-0.05, 0) is 24.9 Å². The summed E-state index contributed by atoms with van der Waals surface area (Å²) in [6.07, 6.45) is 4.90. The Morgan fingerprint density at radius 1 is 1.33 bits per heavy atom. The average Bonchev–Trinajstić information content (AvgIpc) is 2.60. The minimum Gasteiger partial charge on any atom is -0.314 e. The van der Waals surface area contributed by atoms with Crippen molar-refractivity contribution in [1.82, 2.24) is 14.5 Å². The van der Waals surface area contributed by atoms with Crippen LogP contribution in [-0.4, -0.2) is 33.4 Å². The fourth-order valence-corrected chi connectivity index (χ4v) is 3.06. The van der Waals surface area contributed by atoms with Crippen LogP contribution in [0.4, 0.5) is 5.82 Å². The molecule has 1 N–H and O–H groups in total. The van der Waals surface area contributed by atoms with Gasteiger partial charge in [0.05, 0.1) is 5.92 Å². The van der Waals surface area contributed by atoms with Crippen LogP contribution in [0.5, 0.6) is 0 Å². The maximum atomic E-state index is 12.5. The van der Waals surface area contributed by atoms with Crippen LogP contribution in [-0.2, 0) is 18.4 Å². The number of nitrogens with one attached hydrogen (secondary N) is 1. The molecule has 1 aliphatic rings. The molecule has 2 aromatic rings. The van der Waals surface area contributed by atoms with Gasteiger partial charge in [-0.25, -0.2) is 4.98 Å². The highest BCUT2D eigenvalue weighted by Crippen LogP contribution is 2.19. The van der Waals surface area contributed by atoms with Crippen LogP contribution in [0.2, 0.25) is 0 Å². The zero-order valence-electron chi connectivity index (χ0n) is 13.8. The topological polar surface area (TPSA) is 67.2 Å². The highest BCUT2D eigenvalue weighted by atomic mass is 16.2. The SMILES string of the molecule is Cn1ccnc(NC(=O)C2CCCN(Cc3ccccc3)C2)c1=O. The maximum Gasteiger partial charge on any atom is 0.293 e. The van der Waals surface area contributed by atoms with Gasteiger partial charge in [0, 0.05) is 32.5 Å². The van der Waals surface area contributed by atoms with Crippen molar-refractivity contribution in [3.05, 3.63) is 58.6 Å². The summed E-state index contributed by atoms with van der Waals surface area (Å²) in [6, 6.07) is 10.3. The van der Waals surface area contributed by atoms with Gasteiger partial charge in [0.25, 0.3) is 5.56 Å². The molecule has 1 amide bonds. The van der Waals surface area contributed by atoms with Crippen LogP contribution in [0.3, 0.4) is 0 Å². The lowest BCUT2D eigenvalue weighted by molar-refractivity contribution is -0.121. The predicted octanol–water partition coefficient (Wildman–Crippen LogP) is 1.63. The lowest BCUT2D eigenvalue weighted by Gasteiger charge is -2.31. The van der Waals surface area contributed by atoms with Crippen molar-refractivity contribution in [3.63, 3.8) is 0 Å². The first-order valence-electron chi connectivity index (χ1n) is 8.22. The monoisotopic (exact) mass is 326 g/mol. The highest BCUT2D eigenvalue weighted by Gasteiger charge is 2.26. The Kier molecular flexibility index (Phi) is 5.05. The number of hydrogen-bond acceptors (Lipinski definition) is 4. The third kappa shape index (κ3) is 3.89. The van der Waals surface area contributed by atoms with Crippen molar-refractivity contribution in [3.8, 4) is 0 Å². The molecule has 0 bridgehead atoms. The van der Waals surface area contributed by atoms with E-state index in [9.17, 15) is 9.59 Å². The Labute approximate surface area is 141 Å². The van der Waals surface area contributed by atoms with E-state index in [-0.39, 0.29) is 23.2 Å². The first-order chi connectivity index (χ1) is 11.6. The molecule has 3 rings (SSSR count). The molecule has 6 nitrogen and oxygen atoms in total. The van der Waals surface area contributed by atoms with Gasteiger partial charge in [-0.3, -0.25) is 14.5 Å². The smallest absolute Gasteiger partial charge is 0.293 e. The zero-order chi connectivity index (χ0) is 16.9. The second-order valence-corrected chi connectivity index (χ2v) is 6.24. The molecule has 0 saturated carbocycles. The largest absolute Gasteiger partial charge is 0.314 e. The van der Waals surface area contributed by atoms with Crippen LogP contribution in [0, 0.1) is 5.92 Å². The molecule has 0 radical (unpaired) electrons. The fourth-order valence-electron chi connectivity index (χ4n) is 3.06. The molecule has 2 heterocycles. The normalized spacial score (nSPS) is 18.3. The summed E-state index contributed by atoms with van der Waals surface area (Å²) in [6.45, 7) is 2.54. The summed E-state index contributed by atoms with van der Waals surface area (Å²) >= 11 is 0. The van der Waals surface area contributed by atoms with Gasteiger partial charge in [-0.2, -0.15) is 0 Å². The second kappa shape index (κ2) is 7.40. The molecular formula is C18H22N4O2. The molecule has 126 valence electrons. The second-order valence-electron chi connectivity index (χ2n) is 6.24. The van der Waals surface area contributed by atoms with Crippen LogP contribution in [0.25, 0.3) is 0 Å². The van der Waals surface area contributed by atoms with Gasteiger partial charge in [0.15, 0.2) is 5.82 Å². The third-order valence-electron chi connectivity index (χ3n) is 4.38. The van der Waals surface area contributed by atoms with Gasteiger partial charge < -0.3 is 9.88 Å². The first kappa shape index (κ1) is 16.4. The van der Waals surface area contributed by atoms with E-state index in [1.165, 1.54) is 16.3 Å². The van der Waals surface area contributed by atoms with Crippen molar-refractivity contribution in [2.75, 3.05) is 18.4 Å². The molecule has 1 atom stereocenters. The summed E-state index contributed by atoms with van der Waals surface area (Å²) in [5.74, 6) is -0.136. The number of benzene rings is 1. The number of carbonyl (C=O) groups is 1. The van der Waals surface area contributed by atoms with Gasteiger partial charge >= 0.3 is 0 Å². The number of nitrogens with zero attached hydrogens (tertiary/aromatic N) is 3. The van der Waals surface area contributed by atoms with Crippen molar-refractivity contribution < 1.29 is 4.79 Å². The highest BCUT2D eigenvalue weighted by molar-refractivity contribution is 5.91.